The van der Waals surface area contributed by atoms with Gasteiger partial charge in [-0.1, -0.05) is 30.3 Å². The van der Waals surface area contributed by atoms with E-state index in [1.165, 1.54) is 6.07 Å². The van der Waals surface area contributed by atoms with Crippen LogP contribution in [0.4, 0.5) is 4.39 Å². The van der Waals surface area contributed by atoms with Crippen LogP contribution < -0.4 is 5.32 Å². The number of hydrogen-bond donors (Lipinski definition) is 2. The van der Waals surface area contributed by atoms with Gasteiger partial charge < -0.3 is 15.2 Å². The van der Waals surface area contributed by atoms with Gasteiger partial charge in [0.15, 0.2) is 0 Å². The van der Waals surface area contributed by atoms with Crippen molar-refractivity contribution in [1.82, 2.24) is 5.32 Å². The summed E-state index contributed by atoms with van der Waals surface area (Å²) in [6, 6.07) is 11.0. The van der Waals surface area contributed by atoms with Crippen molar-refractivity contribution in [3.8, 4) is 11.1 Å². The first-order chi connectivity index (χ1) is 11.9. The normalized spacial score (nSPS) is 11.7. The lowest BCUT2D eigenvalue weighted by molar-refractivity contribution is 0.0796. The third kappa shape index (κ3) is 5.59. The lowest BCUT2D eigenvalue weighted by Crippen LogP contribution is -2.26. The van der Waals surface area contributed by atoms with Crippen LogP contribution in [0.3, 0.4) is 0 Å². The molecule has 1 unspecified atom stereocenters. The van der Waals surface area contributed by atoms with Gasteiger partial charge in [-0.25, -0.2) is 4.39 Å². The number of aliphatic hydroxyl groups is 1. The second-order valence-electron chi connectivity index (χ2n) is 5.58. The number of carbonyl (C=O) groups is 1. The molecule has 0 spiro atoms. The second-order valence-corrected chi connectivity index (χ2v) is 6.02. The van der Waals surface area contributed by atoms with E-state index in [-0.39, 0.29) is 19.1 Å². The van der Waals surface area contributed by atoms with Gasteiger partial charge in [0.05, 0.1) is 12.6 Å². The number of carbonyl (C=O) groups excluding carboxylic acids is 1. The largest absolute Gasteiger partial charge is 0.494 e. The SMILES string of the molecule is C=C(CNC(=O)c1ccc(-c2ccc(Cl)cc2F)cc1)OCC(C)O. The van der Waals surface area contributed by atoms with Gasteiger partial charge in [0.2, 0.25) is 0 Å². The Morgan fingerprint density at radius 1 is 1.32 bits per heavy atom. The number of amides is 1. The molecule has 0 bridgehead atoms. The molecule has 0 saturated carbocycles. The van der Waals surface area contributed by atoms with Crippen molar-refractivity contribution in [3.63, 3.8) is 0 Å². The fourth-order valence-electron chi connectivity index (χ4n) is 2.10. The molecular formula is C19H19ClFNO3. The first kappa shape index (κ1) is 19.0. The third-order valence-electron chi connectivity index (χ3n) is 3.36. The number of nitrogens with one attached hydrogen (secondary N) is 1. The molecule has 2 N–H and O–H groups in total. The minimum Gasteiger partial charge on any atom is -0.494 e. The molecule has 4 nitrogen and oxygen atoms in total. The van der Waals surface area contributed by atoms with E-state index in [0.717, 1.165) is 0 Å². The highest BCUT2D eigenvalue weighted by Crippen LogP contribution is 2.25. The Labute approximate surface area is 150 Å². The number of ether oxygens (including phenoxy) is 1. The van der Waals surface area contributed by atoms with Crippen molar-refractivity contribution in [2.75, 3.05) is 13.2 Å². The molecule has 2 rings (SSSR count). The number of aliphatic hydroxyl groups excluding tert-OH is 1. The Balaban J connectivity index is 1.97. The zero-order chi connectivity index (χ0) is 18.4. The van der Waals surface area contributed by atoms with Crippen molar-refractivity contribution in [3.05, 3.63) is 71.2 Å². The third-order valence-corrected chi connectivity index (χ3v) is 3.60. The zero-order valence-electron chi connectivity index (χ0n) is 13.8. The van der Waals surface area contributed by atoms with Gasteiger partial charge in [-0.05, 0) is 42.8 Å². The van der Waals surface area contributed by atoms with Crippen LogP contribution in [0, 0.1) is 5.82 Å². The molecule has 6 heteroatoms. The molecule has 1 amide bonds. The predicted octanol–water partition coefficient (Wildman–Crippen LogP) is 3.79. The molecule has 0 heterocycles. The van der Waals surface area contributed by atoms with E-state index < -0.39 is 11.9 Å². The van der Waals surface area contributed by atoms with Gasteiger partial charge in [0.25, 0.3) is 5.91 Å². The smallest absolute Gasteiger partial charge is 0.251 e. The number of rotatable bonds is 7. The Hall–Kier alpha value is -2.37. The van der Waals surface area contributed by atoms with Gasteiger partial charge in [-0.15, -0.1) is 0 Å². The van der Waals surface area contributed by atoms with Crippen molar-refractivity contribution in [2.24, 2.45) is 0 Å². The molecule has 25 heavy (non-hydrogen) atoms. The molecule has 0 saturated heterocycles. The molecule has 0 aromatic heterocycles. The fraction of sp³-hybridized carbons (Fsp3) is 0.211. The molecular weight excluding hydrogens is 345 g/mol. The Kier molecular flexibility index (Phi) is 6.56. The van der Waals surface area contributed by atoms with Crippen LogP contribution in [-0.2, 0) is 4.74 Å². The average Bonchev–Trinajstić information content (AvgIpc) is 2.58. The van der Waals surface area contributed by atoms with Gasteiger partial charge in [0.1, 0.15) is 18.2 Å². The predicted molar refractivity (Wildman–Crippen MR) is 96.0 cm³/mol. The lowest BCUT2D eigenvalue weighted by Gasteiger charge is -2.12. The summed E-state index contributed by atoms with van der Waals surface area (Å²) < 4.78 is 19.1. The van der Waals surface area contributed by atoms with Crippen molar-refractivity contribution in [1.29, 1.82) is 0 Å². The summed E-state index contributed by atoms with van der Waals surface area (Å²) in [5.41, 5.74) is 1.49. The minimum absolute atomic E-state index is 0.121. The van der Waals surface area contributed by atoms with Crippen LogP contribution in [0.25, 0.3) is 11.1 Å². The topological polar surface area (TPSA) is 58.6 Å². The maximum Gasteiger partial charge on any atom is 0.251 e. The van der Waals surface area contributed by atoms with E-state index in [1.807, 2.05) is 0 Å². The van der Waals surface area contributed by atoms with Gasteiger partial charge >= 0.3 is 0 Å². The van der Waals surface area contributed by atoms with Gasteiger partial charge in [-0.3, -0.25) is 4.79 Å². The zero-order valence-corrected chi connectivity index (χ0v) is 14.5. The van der Waals surface area contributed by atoms with Crippen LogP contribution in [0.5, 0.6) is 0 Å². The summed E-state index contributed by atoms with van der Waals surface area (Å²) in [6.07, 6.45) is -0.603. The number of hydrogen-bond acceptors (Lipinski definition) is 3. The molecule has 0 fully saturated rings. The van der Waals surface area contributed by atoms with E-state index in [4.69, 9.17) is 21.4 Å². The molecule has 1 atom stereocenters. The maximum atomic E-state index is 13.9. The Bertz CT molecular complexity index is 760. The quantitative estimate of drug-likeness (QED) is 0.736. The molecule has 2 aromatic carbocycles. The van der Waals surface area contributed by atoms with Crippen LogP contribution in [0.1, 0.15) is 17.3 Å². The van der Waals surface area contributed by atoms with E-state index in [1.54, 1.807) is 43.3 Å². The summed E-state index contributed by atoms with van der Waals surface area (Å²) in [5.74, 6) is -0.365. The van der Waals surface area contributed by atoms with Gasteiger partial charge in [-0.2, -0.15) is 0 Å². The highest BCUT2D eigenvalue weighted by molar-refractivity contribution is 6.30. The van der Waals surface area contributed by atoms with Crippen molar-refractivity contribution in [2.45, 2.75) is 13.0 Å². The summed E-state index contributed by atoms with van der Waals surface area (Å²) >= 11 is 5.75. The first-order valence-corrected chi connectivity index (χ1v) is 8.07. The standard InChI is InChI=1S/C19H19ClFNO3/c1-12(23)11-25-13(2)10-22-19(24)15-5-3-14(4-6-15)17-8-7-16(20)9-18(17)21/h3-9,12,23H,2,10-11H2,1H3,(H,22,24). The van der Waals surface area contributed by atoms with Crippen molar-refractivity contribution >= 4 is 17.5 Å². The lowest BCUT2D eigenvalue weighted by atomic mass is 10.0. The second kappa shape index (κ2) is 8.65. The fourth-order valence-corrected chi connectivity index (χ4v) is 2.25. The molecule has 2 aromatic rings. The average molecular weight is 364 g/mol. The summed E-state index contributed by atoms with van der Waals surface area (Å²) in [5, 5.41) is 12.1. The van der Waals surface area contributed by atoms with Crippen LogP contribution in [0.15, 0.2) is 54.8 Å². The highest BCUT2D eigenvalue weighted by Gasteiger charge is 2.09. The molecule has 0 aliphatic rings. The molecule has 0 aliphatic carbocycles. The number of halogens is 2. The van der Waals surface area contributed by atoms with E-state index in [0.29, 0.717) is 27.5 Å². The molecule has 0 radical (unpaired) electrons. The van der Waals surface area contributed by atoms with Crippen molar-refractivity contribution < 1.29 is 19.0 Å². The first-order valence-electron chi connectivity index (χ1n) is 7.69. The van der Waals surface area contributed by atoms with E-state index >= 15 is 0 Å². The van der Waals surface area contributed by atoms with E-state index in [2.05, 4.69) is 11.9 Å². The summed E-state index contributed by atoms with van der Waals surface area (Å²) in [7, 11) is 0. The highest BCUT2D eigenvalue weighted by atomic mass is 35.5. The maximum absolute atomic E-state index is 13.9. The monoisotopic (exact) mass is 363 g/mol. The Morgan fingerprint density at radius 3 is 2.60 bits per heavy atom. The van der Waals surface area contributed by atoms with Crippen LogP contribution >= 0.6 is 11.6 Å². The van der Waals surface area contributed by atoms with E-state index in [9.17, 15) is 9.18 Å². The van der Waals surface area contributed by atoms with Crippen LogP contribution in [-0.4, -0.2) is 30.3 Å². The summed E-state index contributed by atoms with van der Waals surface area (Å²) in [6.45, 7) is 5.52. The molecule has 132 valence electrons. The minimum atomic E-state index is -0.603. The van der Waals surface area contributed by atoms with Gasteiger partial charge in [0, 0.05) is 16.1 Å². The molecule has 0 aliphatic heterocycles. The summed E-state index contributed by atoms with van der Waals surface area (Å²) in [4.78, 5) is 12.1. The van der Waals surface area contributed by atoms with Crippen LogP contribution in [0.2, 0.25) is 5.02 Å². The number of benzene rings is 2. The Morgan fingerprint density at radius 2 is 2.00 bits per heavy atom.